The number of aromatic carboxylic acids is 1. The number of aromatic nitrogens is 2. The van der Waals surface area contributed by atoms with Gasteiger partial charge in [0.05, 0.1) is 5.69 Å². The minimum absolute atomic E-state index is 0.0340. The number of carbonyl (C=O) groups is 2. The number of aromatic amines is 1. The van der Waals surface area contributed by atoms with Gasteiger partial charge in [-0.15, -0.1) is 0 Å². The van der Waals surface area contributed by atoms with Crippen molar-refractivity contribution in [2.45, 2.75) is 13.8 Å². The van der Waals surface area contributed by atoms with Crippen LogP contribution in [0.3, 0.4) is 0 Å². The monoisotopic (exact) mass is 473 g/mol. The van der Waals surface area contributed by atoms with Crippen molar-refractivity contribution in [2.75, 3.05) is 44.2 Å². The van der Waals surface area contributed by atoms with Gasteiger partial charge in [-0.05, 0) is 55.8 Å². The van der Waals surface area contributed by atoms with Crippen LogP contribution in [0.4, 0.5) is 5.82 Å². The Morgan fingerprint density at radius 1 is 1.06 bits per heavy atom. The van der Waals surface area contributed by atoms with Gasteiger partial charge in [-0.25, -0.2) is 4.79 Å². The van der Waals surface area contributed by atoms with Gasteiger partial charge >= 0.3 is 5.97 Å². The molecule has 0 saturated carbocycles. The summed E-state index contributed by atoms with van der Waals surface area (Å²) < 4.78 is 0. The number of nitrogens with zero attached hydrogens (tertiary/aromatic N) is 3. The Kier molecular flexibility index (Phi) is 7.62. The Balaban J connectivity index is 1.53. The largest absolute Gasteiger partial charge is 0.478 e. The predicted octanol–water partition coefficient (Wildman–Crippen LogP) is 3.84. The summed E-state index contributed by atoms with van der Waals surface area (Å²) in [7, 11) is 0. The van der Waals surface area contributed by atoms with Crippen LogP contribution in [-0.4, -0.2) is 71.1 Å². The second-order valence-corrected chi connectivity index (χ2v) is 8.39. The van der Waals surface area contributed by atoms with E-state index in [4.69, 9.17) is 0 Å². The van der Waals surface area contributed by atoms with Crippen LogP contribution in [0.2, 0.25) is 0 Å². The summed E-state index contributed by atoms with van der Waals surface area (Å²) in [5.74, 6) is -0.271. The fourth-order valence-electron chi connectivity index (χ4n) is 4.22. The van der Waals surface area contributed by atoms with E-state index >= 15 is 0 Å². The molecule has 0 unspecified atom stereocenters. The van der Waals surface area contributed by atoms with Crippen LogP contribution in [0.5, 0.6) is 0 Å². The smallest absolute Gasteiger partial charge is 0.339 e. The summed E-state index contributed by atoms with van der Waals surface area (Å²) in [5, 5.41) is 13.0. The lowest BCUT2D eigenvalue weighted by atomic mass is 10.1. The number of carbonyl (C=O) groups excluding carboxylic acids is 1. The lowest BCUT2D eigenvalue weighted by Gasteiger charge is -2.28. The number of hydrogen-bond donors (Lipinski definition) is 3. The standard InChI is InChI=1S/C27H31N5O3/c1-3-31(4-2)26(33)20-8-5-19(6-9-20)7-10-22-17-21(11-12-29-22)24-18-23(27(34)35)25(30-24)32-15-13-28-14-16-32/h5-12,17-18,28,30H,3-4,13-16H2,1-2H3,(H,34,35)/b10-7+. The molecule has 0 spiro atoms. The zero-order valence-electron chi connectivity index (χ0n) is 20.1. The Morgan fingerprint density at radius 2 is 1.77 bits per heavy atom. The molecule has 3 aromatic rings. The number of pyridine rings is 1. The highest BCUT2D eigenvalue weighted by atomic mass is 16.4. The van der Waals surface area contributed by atoms with E-state index in [1.807, 2.05) is 62.4 Å². The molecule has 4 rings (SSSR count). The summed E-state index contributed by atoms with van der Waals surface area (Å²) in [6, 6.07) is 13.0. The van der Waals surface area contributed by atoms with Gasteiger partial charge in [-0.3, -0.25) is 9.78 Å². The maximum atomic E-state index is 12.5. The van der Waals surface area contributed by atoms with Crippen molar-refractivity contribution in [3.05, 3.63) is 71.0 Å². The van der Waals surface area contributed by atoms with Crippen LogP contribution in [0.25, 0.3) is 23.4 Å². The van der Waals surface area contributed by atoms with E-state index in [-0.39, 0.29) is 11.5 Å². The van der Waals surface area contributed by atoms with Gasteiger partial charge < -0.3 is 25.2 Å². The van der Waals surface area contributed by atoms with E-state index in [0.29, 0.717) is 24.5 Å². The molecule has 1 aliphatic heterocycles. The molecule has 3 N–H and O–H groups in total. The van der Waals surface area contributed by atoms with Crippen LogP contribution in [0, 0.1) is 0 Å². The van der Waals surface area contributed by atoms with Gasteiger partial charge in [0.25, 0.3) is 5.91 Å². The number of benzene rings is 1. The summed E-state index contributed by atoms with van der Waals surface area (Å²) >= 11 is 0. The average Bonchev–Trinajstić information content (AvgIpc) is 3.35. The normalized spacial score (nSPS) is 13.8. The third kappa shape index (κ3) is 5.60. The van der Waals surface area contributed by atoms with Crippen LogP contribution in [0.1, 0.15) is 45.8 Å². The van der Waals surface area contributed by atoms with E-state index < -0.39 is 5.97 Å². The SMILES string of the molecule is CCN(CC)C(=O)c1ccc(/C=C/c2cc(-c3cc(C(=O)O)c(N4CCNCC4)[nH]3)ccn2)cc1. The van der Waals surface area contributed by atoms with E-state index in [9.17, 15) is 14.7 Å². The Morgan fingerprint density at radius 3 is 2.43 bits per heavy atom. The van der Waals surface area contributed by atoms with Gasteiger partial charge in [0.1, 0.15) is 11.4 Å². The van der Waals surface area contributed by atoms with Crippen LogP contribution < -0.4 is 10.2 Å². The van der Waals surface area contributed by atoms with Crippen LogP contribution in [0.15, 0.2) is 48.7 Å². The fourth-order valence-corrected chi connectivity index (χ4v) is 4.22. The molecule has 1 fully saturated rings. The molecule has 0 bridgehead atoms. The fraction of sp³-hybridized carbons (Fsp3) is 0.296. The molecular formula is C27H31N5O3. The number of rotatable bonds is 8. The minimum atomic E-state index is -0.946. The second kappa shape index (κ2) is 11.0. The molecule has 182 valence electrons. The molecule has 0 aliphatic carbocycles. The molecule has 8 nitrogen and oxygen atoms in total. The summed E-state index contributed by atoms with van der Waals surface area (Å²) in [4.78, 5) is 36.0. The average molecular weight is 474 g/mol. The number of piperazine rings is 1. The topological polar surface area (TPSA) is 102 Å². The molecule has 2 aromatic heterocycles. The quantitative estimate of drug-likeness (QED) is 0.460. The van der Waals surface area contributed by atoms with Crippen molar-refractivity contribution < 1.29 is 14.7 Å². The van der Waals surface area contributed by atoms with Crippen molar-refractivity contribution in [2.24, 2.45) is 0 Å². The number of anilines is 1. The van der Waals surface area contributed by atoms with Gasteiger partial charge in [-0.2, -0.15) is 0 Å². The molecular weight excluding hydrogens is 442 g/mol. The van der Waals surface area contributed by atoms with Gasteiger partial charge in [-0.1, -0.05) is 18.2 Å². The number of H-pyrrole nitrogens is 1. The molecule has 0 atom stereocenters. The van der Waals surface area contributed by atoms with Crippen molar-refractivity contribution in [1.82, 2.24) is 20.2 Å². The Labute approximate surface area is 205 Å². The van der Waals surface area contributed by atoms with Gasteiger partial charge in [0.2, 0.25) is 0 Å². The molecule has 1 aliphatic rings. The Hall–Kier alpha value is -3.91. The van der Waals surface area contributed by atoms with Crippen molar-refractivity contribution >= 4 is 29.8 Å². The summed E-state index contributed by atoms with van der Waals surface area (Å²) in [5.41, 5.74) is 4.27. The number of amides is 1. The lowest BCUT2D eigenvalue weighted by molar-refractivity contribution is 0.0696. The number of carboxylic acid groups (broad SMARTS) is 1. The molecule has 1 amide bonds. The maximum Gasteiger partial charge on any atom is 0.339 e. The second-order valence-electron chi connectivity index (χ2n) is 8.39. The number of carboxylic acids is 1. The molecule has 1 aromatic carbocycles. The van der Waals surface area contributed by atoms with Crippen molar-refractivity contribution in [3.8, 4) is 11.3 Å². The molecule has 8 heteroatoms. The first kappa shape index (κ1) is 24.2. The van der Waals surface area contributed by atoms with Crippen molar-refractivity contribution in [1.29, 1.82) is 0 Å². The third-order valence-electron chi connectivity index (χ3n) is 6.21. The number of hydrogen-bond acceptors (Lipinski definition) is 5. The highest BCUT2D eigenvalue weighted by Crippen LogP contribution is 2.28. The van der Waals surface area contributed by atoms with Crippen LogP contribution >= 0.6 is 0 Å². The summed E-state index contributed by atoms with van der Waals surface area (Å²) in [6.07, 6.45) is 5.57. The third-order valence-corrected chi connectivity index (χ3v) is 6.21. The Bertz CT molecular complexity index is 1210. The first-order valence-corrected chi connectivity index (χ1v) is 12.0. The summed E-state index contributed by atoms with van der Waals surface area (Å²) in [6.45, 7) is 8.47. The lowest BCUT2D eigenvalue weighted by Crippen LogP contribution is -2.44. The van der Waals surface area contributed by atoms with Gasteiger partial charge in [0.15, 0.2) is 0 Å². The molecule has 0 radical (unpaired) electrons. The molecule has 35 heavy (non-hydrogen) atoms. The maximum absolute atomic E-state index is 12.5. The highest BCUT2D eigenvalue weighted by Gasteiger charge is 2.22. The van der Waals surface area contributed by atoms with E-state index in [1.165, 1.54) is 0 Å². The number of nitrogens with one attached hydrogen (secondary N) is 2. The molecule has 3 heterocycles. The molecule has 1 saturated heterocycles. The first-order chi connectivity index (χ1) is 17.0. The van der Waals surface area contributed by atoms with E-state index in [0.717, 1.165) is 48.7 Å². The van der Waals surface area contributed by atoms with Crippen molar-refractivity contribution in [3.63, 3.8) is 0 Å². The highest BCUT2D eigenvalue weighted by molar-refractivity contribution is 5.96. The van der Waals surface area contributed by atoms with Gasteiger partial charge in [0, 0.05) is 62.3 Å². The minimum Gasteiger partial charge on any atom is -0.478 e. The van der Waals surface area contributed by atoms with Crippen LogP contribution in [-0.2, 0) is 0 Å². The first-order valence-electron chi connectivity index (χ1n) is 12.0. The van der Waals surface area contributed by atoms with E-state index in [2.05, 4.69) is 20.2 Å². The predicted molar refractivity (Wildman–Crippen MR) is 139 cm³/mol. The zero-order valence-corrected chi connectivity index (χ0v) is 20.1. The zero-order chi connectivity index (χ0) is 24.8. The van der Waals surface area contributed by atoms with E-state index in [1.54, 1.807) is 17.2 Å².